The molecule has 1 heterocycles. The van der Waals surface area contributed by atoms with Gasteiger partial charge < -0.3 is 9.47 Å². The molecule has 122 valence electrons. The fraction of sp³-hybridized carbons (Fsp3) is 0.333. The summed E-state index contributed by atoms with van der Waals surface area (Å²) in [4.78, 5) is 14.1. The maximum absolute atomic E-state index is 11.5. The lowest BCUT2D eigenvalue weighted by Crippen LogP contribution is -2.16. The molecule has 0 aliphatic rings. The van der Waals surface area contributed by atoms with Gasteiger partial charge in [-0.1, -0.05) is 6.92 Å². The maximum Gasteiger partial charge on any atom is 0.274 e. The smallest absolute Gasteiger partial charge is 0.274 e. The quantitative estimate of drug-likeness (QED) is 0.621. The van der Waals surface area contributed by atoms with E-state index in [1.54, 1.807) is 21.1 Å². The number of methoxy groups -OCH3 is 2. The predicted octanol–water partition coefficient (Wildman–Crippen LogP) is 1.72. The molecule has 0 unspecified atom stereocenters. The zero-order valence-electron chi connectivity index (χ0n) is 13.5. The van der Waals surface area contributed by atoms with Crippen LogP contribution in [0.4, 0.5) is 5.95 Å². The normalized spacial score (nSPS) is 11.2. The van der Waals surface area contributed by atoms with Gasteiger partial charge in [0.2, 0.25) is 5.95 Å². The molecule has 0 saturated carbocycles. The Morgan fingerprint density at radius 2 is 2.00 bits per heavy atom. The van der Waals surface area contributed by atoms with Gasteiger partial charge >= 0.3 is 0 Å². The summed E-state index contributed by atoms with van der Waals surface area (Å²) in [7, 11) is 3.16. The van der Waals surface area contributed by atoms with Crippen molar-refractivity contribution in [2.24, 2.45) is 5.10 Å². The van der Waals surface area contributed by atoms with Crippen LogP contribution in [0, 0.1) is 6.92 Å². The molecule has 0 bridgehead atoms. The largest absolute Gasteiger partial charge is 0.493 e. The Bertz CT molecular complexity index is 770. The number of nitrogens with zero attached hydrogens (tertiary/aromatic N) is 3. The first-order valence-electron chi connectivity index (χ1n) is 7.07. The molecule has 0 saturated heterocycles. The lowest BCUT2D eigenvalue weighted by Gasteiger charge is -2.10. The molecule has 1 aromatic carbocycles. The van der Waals surface area contributed by atoms with E-state index in [0.717, 1.165) is 11.3 Å². The number of ether oxygens (including phenoxy) is 2. The maximum atomic E-state index is 11.5. The molecule has 0 spiro atoms. The molecule has 1 aromatic heterocycles. The molecule has 0 aliphatic heterocycles. The molecule has 0 amide bonds. The van der Waals surface area contributed by atoms with Crippen molar-refractivity contribution in [2.45, 2.75) is 20.3 Å². The average molecular weight is 317 g/mol. The van der Waals surface area contributed by atoms with Crippen molar-refractivity contribution in [3.05, 3.63) is 39.8 Å². The van der Waals surface area contributed by atoms with E-state index in [0.29, 0.717) is 23.6 Å². The molecule has 0 aliphatic carbocycles. The Balaban J connectivity index is 2.27. The molecular weight excluding hydrogens is 298 g/mol. The van der Waals surface area contributed by atoms with Gasteiger partial charge in [0.15, 0.2) is 11.5 Å². The number of aryl methyl sites for hydroxylation is 1. The lowest BCUT2D eigenvalue weighted by molar-refractivity contribution is 0.355. The number of hydrogen-bond acceptors (Lipinski definition) is 7. The Kier molecular flexibility index (Phi) is 5.29. The average Bonchev–Trinajstić information content (AvgIpc) is 2.58. The van der Waals surface area contributed by atoms with Gasteiger partial charge in [-0.05, 0) is 31.5 Å². The molecule has 8 nitrogen and oxygen atoms in total. The summed E-state index contributed by atoms with van der Waals surface area (Å²) in [6, 6.07) is 5.54. The van der Waals surface area contributed by atoms with Crippen molar-refractivity contribution >= 4 is 11.7 Å². The van der Waals surface area contributed by atoms with Crippen LogP contribution in [0.5, 0.6) is 11.5 Å². The summed E-state index contributed by atoms with van der Waals surface area (Å²) in [5.41, 5.74) is 4.36. The van der Waals surface area contributed by atoms with Gasteiger partial charge in [-0.15, -0.1) is 10.2 Å². The molecule has 2 rings (SSSR count). The van der Waals surface area contributed by atoms with E-state index in [1.807, 2.05) is 25.1 Å². The number of anilines is 1. The third-order valence-corrected chi connectivity index (χ3v) is 3.21. The summed E-state index contributed by atoms with van der Waals surface area (Å²) in [6.45, 7) is 3.56. The Labute approximate surface area is 133 Å². The van der Waals surface area contributed by atoms with Crippen molar-refractivity contribution in [1.82, 2.24) is 15.2 Å². The molecule has 0 atom stereocenters. The highest BCUT2D eigenvalue weighted by atomic mass is 16.5. The second-order valence-electron chi connectivity index (χ2n) is 4.68. The standard InChI is InChI=1S/C15H19N5O3/c1-5-11(10-6-7-12(22-3)13(8-10)23-4)18-20-15-16-14(21)9(2)17-19-15/h6-8H,5H2,1-4H3,(H2,16,19,20,21)/b18-11+. The number of benzene rings is 1. The third-order valence-electron chi connectivity index (χ3n) is 3.21. The molecule has 8 heteroatoms. The first-order valence-corrected chi connectivity index (χ1v) is 7.07. The number of H-pyrrole nitrogens is 1. The molecule has 2 N–H and O–H groups in total. The van der Waals surface area contributed by atoms with Crippen molar-refractivity contribution in [3.8, 4) is 11.5 Å². The van der Waals surface area contributed by atoms with E-state index in [-0.39, 0.29) is 11.5 Å². The number of rotatable bonds is 6. The zero-order chi connectivity index (χ0) is 16.8. The van der Waals surface area contributed by atoms with Gasteiger partial charge in [0, 0.05) is 5.56 Å². The lowest BCUT2D eigenvalue weighted by atomic mass is 10.1. The summed E-state index contributed by atoms with van der Waals surface area (Å²) >= 11 is 0. The minimum atomic E-state index is -0.304. The SMILES string of the molecule is CC/C(=N\Nc1nnc(C)c(=O)[nH]1)c1ccc(OC)c(OC)c1. The van der Waals surface area contributed by atoms with Crippen LogP contribution in [0.3, 0.4) is 0 Å². The third kappa shape index (κ3) is 3.85. The first-order chi connectivity index (χ1) is 11.1. The highest BCUT2D eigenvalue weighted by Crippen LogP contribution is 2.28. The predicted molar refractivity (Wildman–Crippen MR) is 87.4 cm³/mol. The van der Waals surface area contributed by atoms with Crippen LogP contribution >= 0.6 is 0 Å². The topological polar surface area (TPSA) is 101 Å². The van der Waals surface area contributed by atoms with E-state index in [9.17, 15) is 4.79 Å². The van der Waals surface area contributed by atoms with Gasteiger partial charge in [-0.2, -0.15) is 5.10 Å². The van der Waals surface area contributed by atoms with E-state index in [4.69, 9.17) is 9.47 Å². The monoisotopic (exact) mass is 317 g/mol. The zero-order valence-corrected chi connectivity index (χ0v) is 13.5. The Hall–Kier alpha value is -2.90. The second-order valence-corrected chi connectivity index (χ2v) is 4.68. The summed E-state index contributed by atoms with van der Waals surface area (Å²) in [5, 5.41) is 11.9. The highest BCUT2D eigenvalue weighted by molar-refractivity contribution is 6.01. The summed E-state index contributed by atoms with van der Waals surface area (Å²) in [5.74, 6) is 1.45. The van der Waals surface area contributed by atoms with Crippen LogP contribution in [0.25, 0.3) is 0 Å². The van der Waals surface area contributed by atoms with Crippen LogP contribution in [-0.4, -0.2) is 35.1 Å². The fourth-order valence-corrected chi connectivity index (χ4v) is 1.93. The van der Waals surface area contributed by atoms with Crippen LogP contribution in [0.1, 0.15) is 24.6 Å². The Morgan fingerprint density at radius 3 is 2.61 bits per heavy atom. The van der Waals surface area contributed by atoms with Crippen molar-refractivity contribution in [1.29, 1.82) is 0 Å². The van der Waals surface area contributed by atoms with Crippen LogP contribution in [0.15, 0.2) is 28.1 Å². The minimum absolute atomic E-state index is 0.187. The van der Waals surface area contributed by atoms with E-state index in [1.165, 1.54) is 0 Å². The number of aromatic amines is 1. The molecule has 0 radical (unpaired) electrons. The van der Waals surface area contributed by atoms with Crippen LogP contribution in [0.2, 0.25) is 0 Å². The number of hydrogen-bond donors (Lipinski definition) is 2. The minimum Gasteiger partial charge on any atom is -0.493 e. The van der Waals surface area contributed by atoms with Crippen LogP contribution < -0.4 is 20.5 Å². The molecule has 23 heavy (non-hydrogen) atoms. The summed E-state index contributed by atoms with van der Waals surface area (Å²) in [6.07, 6.45) is 0.673. The number of nitrogens with one attached hydrogen (secondary N) is 2. The molecular formula is C15H19N5O3. The fourth-order valence-electron chi connectivity index (χ4n) is 1.93. The van der Waals surface area contributed by atoms with Gasteiger partial charge in [0.05, 0.1) is 19.9 Å². The van der Waals surface area contributed by atoms with Crippen LogP contribution in [-0.2, 0) is 0 Å². The van der Waals surface area contributed by atoms with Crippen molar-refractivity contribution < 1.29 is 9.47 Å². The highest BCUT2D eigenvalue weighted by Gasteiger charge is 2.08. The van der Waals surface area contributed by atoms with Crippen molar-refractivity contribution in [3.63, 3.8) is 0 Å². The first kappa shape index (κ1) is 16.5. The second kappa shape index (κ2) is 7.39. The van der Waals surface area contributed by atoms with E-state index in [2.05, 4.69) is 25.7 Å². The van der Waals surface area contributed by atoms with Gasteiger partial charge in [0.1, 0.15) is 5.69 Å². The summed E-state index contributed by atoms with van der Waals surface area (Å²) < 4.78 is 10.5. The van der Waals surface area contributed by atoms with Crippen molar-refractivity contribution in [2.75, 3.05) is 19.6 Å². The Morgan fingerprint density at radius 1 is 1.26 bits per heavy atom. The molecule has 2 aromatic rings. The van der Waals surface area contributed by atoms with Gasteiger partial charge in [-0.25, -0.2) is 5.43 Å². The van der Waals surface area contributed by atoms with E-state index >= 15 is 0 Å². The van der Waals surface area contributed by atoms with Gasteiger partial charge in [0.25, 0.3) is 5.56 Å². The number of aromatic nitrogens is 3. The van der Waals surface area contributed by atoms with E-state index < -0.39 is 0 Å². The number of hydrazone groups is 1. The molecule has 0 fully saturated rings. The van der Waals surface area contributed by atoms with Gasteiger partial charge in [-0.3, -0.25) is 9.78 Å².